The summed E-state index contributed by atoms with van der Waals surface area (Å²) < 4.78 is 6.54. The number of hydrazine groups is 1. The molecule has 80 valence electrons. The fourth-order valence-corrected chi connectivity index (χ4v) is 2.56. The van der Waals surface area contributed by atoms with Gasteiger partial charge in [0.25, 0.3) is 0 Å². The van der Waals surface area contributed by atoms with Crippen LogP contribution in [0.1, 0.15) is 24.3 Å². The van der Waals surface area contributed by atoms with Crippen molar-refractivity contribution in [3.63, 3.8) is 0 Å². The van der Waals surface area contributed by atoms with Gasteiger partial charge in [0.15, 0.2) is 0 Å². The number of halogens is 1. The maximum absolute atomic E-state index is 5.46. The van der Waals surface area contributed by atoms with E-state index in [-0.39, 0.29) is 6.04 Å². The number of nitrogens with two attached hydrogens (primary N) is 1. The highest BCUT2D eigenvalue weighted by molar-refractivity contribution is 9.10. The zero-order valence-electron chi connectivity index (χ0n) is 8.13. The second kappa shape index (κ2) is 6.53. The van der Waals surface area contributed by atoms with E-state index >= 15 is 0 Å². The van der Waals surface area contributed by atoms with Crippen molar-refractivity contribution in [2.24, 2.45) is 5.84 Å². The van der Waals surface area contributed by atoms with E-state index in [2.05, 4.69) is 34.3 Å². The van der Waals surface area contributed by atoms with E-state index in [9.17, 15) is 0 Å². The largest absolute Gasteiger partial charge is 0.379 e. The second-order valence-corrected chi connectivity index (χ2v) is 4.82. The summed E-state index contributed by atoms with van der Waals surface area (Å²) in [6.07, 6.45) is 1.03. The van der Waals surface area contributed by atoms with Crippen LogP contribution in [-0.4, -0.2) is 13.2 Å². The normalized spacial score (nSPS) is 13.1. The van der Waals surface area contributed by atoms with Crippen molar-refractivity contribution in [1.29, 1.82) is 0 Å². The molecule has 0 radical (unpaired) electrons. The number of nitrogens with one attached hydrogen (secondary N) is 1. The molecule has 1 aromatic rings. The third-order valence-corrected chi connectivity index (χ3v) is 3.57. The third kappa shape index (κ3) is 3.67. The van der Waals surface area contributed by atoms with Gasteiger partial charge in [-0.25, -0.2) is 5.43 Å². The number of hydrogen-bond acceptors (Lipinski definition) is 4. The summed E-state index contributed by atoms with van der Waals surface area (Å²) in [6.45, 7) is 3.49. The molecule has 5 heteroatoms. The monoisotopic (exact) mass is 278 g/mol. The topological polar surface area (TPSA) is 47.3 Å². The molecule has 1 aromatic heterocycles. The first-order valence-corrected chi connectivity index (χ1v) is 6.23. The summed E-state index contributed by atoms with van der Waals surface area (Å²) in [5, 5.41) is 2.04. The fraction of sp³-hybridized carbons (Fsp3) is 0.556. The van der Waals surface area contributed by atoms with Crippen LogP contribution in [0.4, 0.5) is 0 Å². The minimum Gasteiger partial charge on any atom is -0.379 e. The van der Waals surface area contributed by atoms with Gasteiger partial charge in [0.2, 0.25) is 0 Å². The van der Waals surface area contributed by atoms with Crippen molar-refractivity contribution in [2.45, 2.75) is 19.4 Å². The SMILES string of the molecule is CCCOCC(NN)c1cc(Br)cs1. The smallest absolute Gasteiger partial charge is 0.0786 e. The van der Waals surface area contributed by atoms with Crippen LogP contribution in [0.3, 0.4) is 0 Å². The predicted octanol–water partition coefficient (Wildman–Crippen LogP) is 2.44. The molecule has 1 rings (SSSR count). The summed E-state index contributed by atoms with van der Waals surface area (Å²) in [5.41, 5.74) is 2.76. The highest BCUT2D eigenvalue weighted by Gasteiger charge is 2.11. The van der Waals surface area contributed by atoms with E-state index < -0.39 is 0 Å². The molecule has 0 aliphatic heterocycles. The quantitative estimate of drug-likeness (QED) is 0.477. The van der Waals surface area contributed by atoms with E-state index in [4.69, 9.17) is 10.6 Å². The van der Waals surface area contributed by atoms with Gasteiger partial charge >= 0.3 is 0 Å². The first-order chi connectivity index (χ1) is 6.77. The molecule has 0 aliphatic rings. The lowest BCUT2D eigenvalue weighted by molar-refractivity contribution is 0.113. The van der Waals surface area contributed by atoms with Crippen molar-refractivity contribution < 1.29 is 4.74 Å². The minimum absolute atomic E-state index is 0.0952. The van der Waals surface area contributed by atoms with Crippen LogP contribution in [-0.2, 0) is 4.74 Å². The lowest BCUT2D eigenvalue weighted by Crippen LogP contribution is -2.30. The molecule has 0 bridgehead atoms. The standard InChI is InChI=1S/C9H15BrN2OS/c1-2-3-13-5-8(12-11)9-4-7(10)6-14-9/h4,6,8,12H,2-3,5,11H2,1H3. The maximum Gasteiger partial charge on any atom is 0.0786 e. The molecule has 14 heavy (non-hydrogen) atoms. The Hall–Kier alpha value is 0.0600. The molecule has 0 aromatic carbocycles. The number of hydrogen-bond donors (Lipinski definition) is 2. The third-order valence-electron chi connectivity index (χ3n) is 1.77. The van der Waals surface area contributed by atoms with Crippen LogP contribution >= 0.6 is 27.3 Å². The molecule has 0 fully saturated rings. The van der Waals surface area contributed by atoms with Gasteiger partial charge in [-0.1, -0.05) is 6.92 Å². The van der Waals surface area contributed by atoms with Gasteiger partial charge < -0.3 is 4.74 Å². The molecule has 0 saturated carbocycles. The molecule has 1 unspecified atom stereocenters. The van der Waals surface area contributed by atoms with Crippen molar-refractivity contribution in [2.75, 3.05) is 13.2 Å². The number of thiophene rings is 1. The molecule has 3 N–H and O–H groups in total. The molecule has 0 saturated heterocycles. The summed E-state index contributed by atoms with van der Waals surface area (Å²) in [6, 6.07) is 2.16. The van der Waals surface area contributed by atoms with Crippen molar-refractivity contribution >= 4 is 27.3 Å². The summed E-state index contributed by atoms with van der Waals surface area (Å²) >= 11 is 5.08. The Morgan fingerprint density at radius 2 is 2.50 bits per heavy atom. The van der Waals surface area contributed by atoms with E-state index in [0.717, 1.165) is 17.5 Å². The predicted molar refractivity (Wildman–Crippen MR) is 63.2 cm³/mol. The minimum atomic E-state index is 0.0952. The van der Waals surface area contributed by atoms with Crippen molar-refractivity contribution in [3.05, 3.63) is 20.8 Å². The first-order valence-electron chi connectivity index (χ1n) is 4.55. The van der Waals surface area contributed by atoms with Crippen molar-refractivity contribution in [1.82, 2.24) is 5.43 Å². The molecule has 0 amide bonds. The fourth-order valence-electron chi connectivity index (χ4n) is 1.07. The van der Waals surface area contributed by atoms with Gasteiger partial charge in [0.1, 0.15) is 0 Å². The Bertz CT molecular complexity index is 267. The van der Waals surface area contributed by atoms with E-state index in [1.165, 1.54) is 4.88 Å². The van der Waals surface area contributed by atoms with Gasteiger partial charge in [-0.2, -0.15) is 0 Å². The molecular formula is C9H15BrN2OS. The van der Waals surface area contributed by atoms with Crippen LogP contribution in [0.25, 0.3) is 0 Å². The summed E-state index contributed by atoms with van der Waals surface area (Å²) in [4.78, 5) is 1.19. The zero-order valence-corrected chi connectivity index (χ0v) is 10.5. The maximum atomic E-state index is 5.46. The van der Waals surface area contributed by atoms with Crippen LogP contribution < -0.4 is 11.3 Å². The lowest BCUT2D eigenvalue weighted by Gasteiger charge is -2.13. The van der Waals surface area contributed by atoms with Crippen LogP contribution in [0.15, 0.2) is 15.9 Å². The summed E-state index contributed by atoms with van der Waals surface area (Å²) in [5.74, 6) is 5.46. The van der Waals surface area contributed by atoms with Crippen LogP contribution in [0.2, 0.25) is 0 Å². The summed E-state index contributed by atoms with van der Waals surface area (Å²) in [7, 11) is 0. The highest BCUT2D eigenvalue weighted by Crippen LogP contribution is 2.25. The second-order valence-electron chi connectivity index (χ2n) is 2.96. The van der Waals surface area contributed by atoms with Crippen LogP contribution in [0.5, 0.6) is 0 Å². The molecule has 0 aliphatic carbocycles. The Balaban J connectivity index is 2.45. The Kier molecular flexibility index (Phi) is 5.66. The molecule has 1 heterocycles. The van der Waals surface area contributed by atoms with E-state index in [0.29, 0.717) is 6.61 Å². The highest BCUT2D eigenvalue weighted by atomic mass is 79.9. The molecular weight excluding hydrogens is 264 g/mol. The first kappa shape index (κ1) is 12.1. The molecule has 1 atom stereocenters. The number of rotatable bonds is 6. The van der Waals surface area contributed by atoms with Crippen molar-refractivity contribution in [3.8, 4) is 0 Å². The van der Waals surface area contributed by atoms with Gasteiger partial charge in [0.05, 0.1) is 12.6 Å². The van der Waals surface area contributed by atoms with E-state index in [1.54, 1.807) is 11.3 Å². The molecule has 3 nitrogen and oxygen atoms in total. The van der Waals surface area contributed by atoms with Gasteiger partial charge in [-0.05, 0) is 28.4 Å². The van der Waals surface area contributed by atoms with Crippen LogP contribution in [0, 0.1) is 0 Å². The van der Waals surface area contributed by atoms with Gasteiger partial charge in [0, 0.05) is 21.3 Å². The average molecular weight is 279 g/mol. The lowest BCUT2D eigenvalue weighted by atomic mass is 10.3. The Morgan fingerprint density at radius 3 is 3.00 bits per heavy atom. The zero-order chi connectivity index (χ0) is 10.4. The Labute approximate surface area is 96.7 Å². The molecule has 0 spiro atoms. The van der Waals surface area contributed by atoms with E-state index in [1.807, 2.05) is 5.38 Å². The Morgan fingerprint density at radius 1 is 1.71 bits per heavy atom. The average Bonchev–Trinajstić information content (AvgIpc) is 2.60. The van der Waals surface area contributed by atoms with Gasteiger partial charge in [-0.3, -0.25) is 5.84 Å². The van der Waals surface area contributed by atoms with Gasteiger partial charge in [-0.15, -0.1) is 11.3 Å². The number of ether oxygens (including phenoxy) is 1.